The highest BCUT2D eigenvalue weighted by atomic mass is 16.5. The lowest BCUT2D eigenvalue weighted by atomic mass is 10.1. The monoisotopic (exact) mass is 384 g/mol. The number of amides is 2. The van der Waals surface area contributed by atoms with E-state index in [4.69, 9.17) is 13.9 Å². The predicted molar refractivity (Wildman–Crippen MR) is 100 cm³/mol. The molecule has 28 heavy (non-hydrogen) atoms. The fourth-order valence-corrected chi connectivity index (χ4v) is 2.77. The predicted octanol–water partition coefficient (Wildman–Crippen LogP) is 2.59. The molecule has 146 valence electrons. The number of hydrogen-bond acceptors (Lipinski definition) is 6. The first kappa shape index (κ1) is 19.2. The Labute approximate surface area is 161 Å². The minimum absolute atomic E-state index is 0.00482. The van der Waals surface area contributed by atoms with E-state index in [9.17, 15) is 14.4 Å². The second-order valence-corrected chi connectivity index (χ2v) is 6.10. The van der Waals surface area contributed by atoms with Crippen molar-refractivity contribution in [2.24, 2.45) is 7.05 Å². The van der Waals surface area contributed by atoms with Crippen LogP contribution >= 0.6 is 0 Å². The molecule has 0 saturated heterocycles. The molecule has 0 aliphatic carbocycles. The van der Waals surface area contributed by atoms with E-state index in [1.54, 1.807) is 55.1 Å². The first-order valence-electron chi connectivity index (χ1n) is 8.69. The van der Waals surface area contributed by atoms with Crippen molar-refractivity contribution < 1.29 is 28.3 Å². The number of imide groups is 1. The number of rotatable bonds is 6. The van der Waals surface area contributed by atoms with Gasteiger partial charge in [0.05, 0.1) is 6.61 Å². The third-order valence-electron chi connectivity index (χ3n) is 4.17. The number of aromatic nitrogens is 1. The lowest BCUT2D eigenvalue weighted by Gasteiger charge is -2.06. The SMILES string of the molecule is CCOc1ccc2oc(C(=O)OCC(=O)NC(=O)c3cccn3C)c(C)c2c1. The first-order valence-corrected chi connectivity index (χ1v) is 8.69. The average molecular weight is 384 g/mol. The molecule has 8 nitrogen and oxygen atoms in total. The second kappa shape index (κ2) is 7.99. The molecule has 2 amide bonds. The third kappa shape index (κ3) is 3.90. The molecule has 1 aromatic carbocycles. The molecule has 0 aliphatic heterocycles. The number of nitrogens with zero attached hydrogens (tertiary/aromatic N) is 1. The molecular weight excluding hydrogens is 364 g/mol. The number of nitrogens with one attached hydrogen (secondary N) is 1. The summed E-state index contributed by atoms with van der Waals surface area (Å²) < 4.78 is 17.6. The largest absolute Gasteiger partial charge is 0.494 e. The number of carbonyl (C=O) groups excluding carboxylic acids is 3. The van der Waals surface area contributed by atoms with Crippen LogP contribution in [0.5, 0.6) is 5.75 Å². The van der Waals surface area contributed by atoms with E-state index in [-0.39, 0.29) is 5.76 Å². The molecule has 0 fully saturated rings. The molecule has 0 bridgehead atoms. The summed E-state index contributed by atoms with van der Waals surface area (Å²) in [6.07, 6.45) is 1.68. The van der Waals surface area contributed by atoms with Gasteiger partial charge in [0.1, 0.15) is 17.0 Å². The lowest BCUT2D eigenvalue weighted by molar-refractivity contribution is -0.123. The van der Waals surface area contributed by atoms with Gasteiger partial charge in [0, 0.05) is 24.2 Å². The number of aryl methyl sites for hydroxylation is 2. The Morgan fingerprint density at radius 3 is 2.68 bits per heavy atom. The Morgan fingerprint density at radius 1 is 1.21 bits per heavy atom. The molecule has 2 heterocycles. The second-order valence-electron chi connectivity index (χ2n) is 6.10. The van der Waals surface area contributed by atoms with Crippen molar-refractivity contribution in [1.82, 2.24) is 9.88 Å². The van der Waals surface area contributed by atoms with Crippen LogP contribution in [-0.4, -0.2) is 35.6 Å². The molecular formula is C20H20N2O6. The van der Waals surface area contributed by atoms with Crippen molar-refractivity contribution >= 4 is 28.8 Å². The van der Waals surface area contributed by atoms with E-state index in [1.165, 1.54) is 0 Å². The van der Waals surface area contributed by atoms with Gasteiger partial charge in [-0.25, -0.2) is 4.79 Å². The molecule has 0 saturated carbocycles. The van der Waals surface area contributed by atoms with Gasteiger partial charge in [-0.15, -0.1) is 0 Å². The molecule has 2 aromatic heterocycles. The fourth-order valence-electron chi connectivity index (χ4n) is 2.77. The van der Waals surface area contributed by atoms with E-state index < -0.39 is 24.4 Å². The summed E-state index contributed by atoms with van der Waals surface area (Å²) in [6, 6.07) is 8.48. The Morgan fingerprint density at radius 2 is 2.00 bits per heavy atom. The summed E-state index contributed by atoms with van der Waals surface area (Å²) in [5.74, 6) is -1.42. The Balaban J connectivity index is 1.64. The lowest BCUT2D eigenvalue weighted by Crippen LogP contribution is -2.35. The average Bonchev–Trinajstić information content (AvgIpc) is 3.24. The maximum atomic E-state index is 12.3. The van der Waals surface area contributed by atoms with Crippen molar-refractivity contribution in [3.05, 3.63) is 53.5 Å². The molecule has 0 spiro atoms. The van der Waals surface area contributed by atoms with Gasteiger partial charge in [0.2, 0.25) is 5.76 Å². The molecule has 3 aromatic rings. The zero-order chi connectivity index (χ0) is 20.3. The molecule has 0 unspecified atom stereocenters. The van der Waals surface area contributed by atoms with E-state index in [0.29, 0.717) is 29.2 Å². The highest BCUT2D eigenvalue weighted by molar-refractivity contribution is 6.05. The van der Waals surface area contributed by atoms with Gasteiger partial charge in [0.15, 0.2) is 6.61 Å². The van der Waals surface area contributed by atoms with Gasteiger partial charge in [-0.3, -0.25) is 14.9 Å². The standard InChI is InChI=1S/C20H20N2O6/c1-4-26-13-7-8-16-14(10-13)12(2)18(28-16)20(25)27-11-17(23)21-19(24)15-6-5-9-22(15)3/h5-10H,4,11H2,1-3H3,(H,21,23,24). The number of carbonyl (C=O) groups is 3. The maximum Gasteiger partial charge on any atom is 0.375 e. The van der Waals surface area contributed by atoms with E-state index >= 15 is 0 Å². The van der Waals surface area contributed by atoms with Crippen LogP contribution in [0.15, 0.2) is 40.9 Å². The highest BCUT2D eigenvalue weighted by Gasteiger charge is 2.21. The van der Waals surface area contributed by atoms with Gasteiger partial charge in [-0.05, 0) is 44.2 Å². The number of benzene rings is 1. The van der Waals surface area contributed by atoms with Crippen molar-refractivity contribution in [3.63, 3.8) is 0 Å². The number of esters is 1. The van der Waals surface area contributed by atoms with Crippen molar-refractivity contribution in [2.45, 2.75) is 13.8 Å². The van der Waals surface area contributed by atoms with Crippen LogP contribution in [0.3, 0.4) is 0 Å². The fraction of sp³-hybridized carbons (Fsp3) is 0.250. The van der Waals surface area contributed by atoms with Gasteiger partial charge in [-0.1, -0.05) is 0 Å². The van der Waals surface area contributed by atoms with E-state index in [1.807, 2.05) is 6.92 Å². The van der Waals surface area contributed by atoms with E-state index in [0.717, 1.165) is 5.39 Å². The first-order chi connectivity index (χ1) is 13.4. The third-order valence-corrected chi connectivity index (χ3v) is 4.17. The normalized spacial score (nSPS) is 10.7. The summed E-state index contributed by atoms with van der Waals surface area (Å²) in [4.78, 5) is 36.2. The van der Waals surface area contributed by atoms with Crippen LogP contribution in [-0.2, 0) is 16.6 Å². The number of ether oxygens (including phenoxy) is 2. The number of fused-ring (bicyclic) bond motifs is 1. The Kier molecular flexibility index (Phi) is 5.49. The van der Waals surface area contributed by atoms with E-state index in [2.05, 4.69) is 5.32 Å². The summed E-state index contributed by atoms with van der Waals surface area (Å²) in [5.41, 5.74) is 1.41. The molecule has 3 rings (SSSR count). The smallest absolute Gasteiger partial charge is 0.375 e. The number of hydrogen-bond donors (Lipinski definition) is 1. The molecule has 0 aliphatic rings. The van der Waals surface area contributed by atoms with Crippen LogP contribution in [0.2, 0.25) is 0 Å². The zero-order valence-electron chi connectivity index (χ0n) is 15.8. The van der Waals surface area contributed by atoms with Gasteiger partial charge in [-0.2, -0.15) is 0 Å². The number of furan rings is 1. The van der Waals surface area contributed by atoms with Crippen molar-refractivity contribution in [1.29, 1.82) is 0 Å². The summed E-state index contributed by atoms with van der Waals surface area (Å²) in [6.45, 7) is 3.52. The Bertz CT molecular complexity index is 1050. The molecule has 0 atom stereocenters. The summed E-state index contributed by atoms with van der Waals surface area (Å²) in [5, 5.41) is 2.89. The van der Waals surface area contributed by atoms with Gasteiger partial charge < -0.3 is 18.5 Å². The minimum atomic E-state index is -0.784. The van der Waals surface area contributed by atoms with Crippen LogP contribution in [0.4, 0.5) is 0 Å². The van der Waals surface area contributed by atoms with Crippen LogP contribution in [0, 0.1) is 6.92 Å². The molecule has 1 N–H and O–H groups in total. The molecule has 0 radical (unpaired) electrons. The highest BCUT2D eigenvalue weighted by Crippen LogP contribution is 2.29. The summed E-state index contributed by atoms with van der Waals surface area (Å²) in [7, 11) is 1.68. The van der Waals surface area contributed by atoms with Crippen molar-refractivity contribution in [2.75, 3.05) is 13.2 Å². The van der Waals surface area contributed by atoms with Gasteiger partial charge in [0.25, 0.3) is 11.8 Å². The van der Waals surface area contributed by atoms with Crippen molar-refractivity contribution in [3.8, 4) is 5.75 Å². The van der Waals surface area contributed by atoms with Crippen LogP contribution in [0.1, 0.15) is 33.5 Å². The van der Waals surface area contributed by atoms with Gasteiger partial charge >= 0.3 is 5.97 Å². The molecule has 8 heteroatoms. The topological polar surface area (TPSA) is 99.8 Å². The van der Waals surface area contributed by atoms with Crippen LogP contribution < -0.4 is 10.1 Å². The zero-order valence-corrected chi connectivity index (χ0v) is 15.8. The van der Waals surface area contributed by atoms with Crippen LogP contribution in [0.25, 0.3) is 11.0 Å². The maximum absolute atomic E-state index is 12.3. The minimum Gasteiger partial charge on any atom is -0.494 e. The quantitative estimate of drug-likeness (QED) is 0.656. The summed E-state index contributed by atoms with van der Waals surface area (Å²) >= 11 is 0. The Hall–Kier alpha value is -3.55.